The van der Waals surface area contributed by atoms with E-state index in [-0.39, 0.29) is 11.5 Å². The van der Waals surface area contributed by atoms with Crippen molar-refractivity contribution in [3.8, 4) is 0 Å². The summed E-state index contributed by atoms with van der Waals surface area (Å²) in [5.74, 6) is -0.154. The Morgan fingerprint density at radius 1 is 0.731 bits per heavy atom. The van der Waals surface area contributed by atoms with Crippen LogP contribution in [0.2, 0.25) is 0 Å². The molecule has 5 rings (SSSR count). The maximum absolute atomic E-state index is 13.2. The van der Waals surface area contributed by atoms with Crippen molar-refractivity contribution in [2.75, 3.05) is 0 Å². The van der Waals surface area contributed by atoms with Crippen molar-refractivity contribution in [1.29, 1.82) is 0 Å². The zero-order valence-corrected chi connectivity index (χ0v) is 13.8. The molecule has 4 heteroatoms. The lowest BCUT2D eigenvalue weighted by atomic mass is 10.2. The third kappa shape index (κ3) is 1.96. The third-order valence-corrected chi connectivity index (χ3v) is 4.72. The second-order valence-corrected chi connectivity index (χ2v) is 6.23. The normalized spacial score (nSPS) is 11.4. The van der Waals surface area contributed by atoms with E-state index in [0.29, 0.717) is 22.1 Å². The minimum absolute atomic E-state index is 0.117. The lowest BCUT2D eigenvalue weighted by Gasteiger charge is -2.06. The van der Waals surface area contributed by atoms with Crippen LogP contribution in [-0.4, -0.2) is 14.9 Å². The molecule has 5 aromatic rings. The van der Waals surface area contributed by atoms with Crippen molar-refractivity contribution in [3.63, 3.8) is 0 Å². The summed E-state index contributed by atoms with van der Waals surface area (Å²) in [6, 6.07) is 26.0. The van der Waals surface area contributed by atoms with Gasteiger partial charge in [0, 0.05) is 10.9 Å². The number of rotatable bonds is 1. The van der Waals surface area contributed by atoms with Gasteiger partial charge in [0.1, 0.15) is 5.65 Å². The Morgan fingerprint density at radius 3 is 2.19 bits per heavy atom. The van der Waals surface area contributed by atoms with Gasteiger partial charge in [0.15, 0.2) is 0 Å². The molecule has 0 saturated heterocycles. The SMILES string of the molecule is O=C(c1ccccc1)n1c2ccccc2n2c(=O)c3ccccc3cc12. The molecular weight excluding hydrogens is 324 g/mol. The Labute approximate surface area is 148 Å². The van der Waals surface area contributed by atoms with E-state index in [9.17, 15) is 9.59 Å². The zero-order chi connectivity index (χ0) is 17.7. The fourth-order valence-electron chi connectivity index (χ4n) is 3.53. The van der Waals surface area contributed by atoms with Crippen molar-refractivity contribution >= 4 is 33.4 Å². The minimum atomic E-state index is -0.154. The zero-order valence-electron chi connectivity index (χ0n) is 13.8. The van der Waals surface area contributed by atoms with E-state index >= 15 is 0 Å². The van der Waals surface area contributed by atoms with Gasteiger partial charge in [0.05, 0.1) is 11.0 Å². The van der Waals surface area contributed by atoms with Crippen LogP contribution in [0.5, 0.6) is 0 Å². The summed E-state index contributed by atoms with van der Waals surface area (Å²) in [5.41, 5.74) is 2.48. The highest BCUT2D eigenvalue weighted by Gasteiger charge is 2.19. The van der Waals surface area contributed by atoms with Gasteiger partial charge in [-0.05, 0) is 41.8 Å². The van der Waals surface area contributed by atoms with E-state index < -0.39 is 0 Å². The van der Waals surface area contributed by atoms with Gasteiger partial charge >= 0.3 is 0 Å². The van der Waals surface area contributed by atoms with E-state index in [0.717, 1.165) is 10.9 Å². The van der Waals surface area contributed by atoms with Crippen LogP contribution in [0.1, 0.15) is 10.4 Å². The van der Waals surface area contributed by atoms with Gasteiger partial charge in [-0.1, -0.05) is 48.5 Å². The summed E-state index contributed by atoms with van der Waals surface area (Å²) < 4.78 is 3.25. The van der Waals surface area contributed by atoms with Crippen LogP contribution < -0.4 is 5.56 Å². The Kier molecular flexibility index (Phi) is 3.06. The predicted octanol–water partition coefficient (Wildman–Crippen LogP) is 4.10. The number of fused-ring (bicyclic) bond motifs is 4. The molecule has 0 radical (unpaired) electrons. The molecule has 0 aliphatic heterocycles. The molecule has 0 spiro atoms. The number of pyridine rings is 1. The van der Waals surface area contributed by atoms with Crippen molar-refractivity contribution in [1.82, 2.24) is 8.97 Å². The summed E-state index contributed by atoms with van der Waals surface area (Å²) in [4.78, 5) is 26.3. The van der Waals surface area contributed by atoms with Gasteiger partial charge in [-0.2, -0.15) is 0 Å². The number of hydrogen-bond acceptors (Lipinski definition) is 2. The van der Waals surface area contributed by atoms with Crippen LogP contribution in [0.3, 0.4) is 0 Å². The van der Waals surface area contributed by atoms with Gasteiger partial charge in [-0.3, -0.25) is 18.6 Å². The second kappa shape index (κ2) is 5.43. The van der Waals surface area contributed by atoms with E-state index in [1.807, 2.05) is 72.8 Å². The van der Waals surface area contributed by atoms with Gasteiger partial charge in [0.25, 0.3) is 11.5 Å². The van der Waals surface area contributed by atoms with Crippen LogP contribution in [0.4, 0.5) is 0 Å². The third-order valence-electron chi connectivity index (χ3n) is 4.72. The minimum Gasteiger partial charge on any atom is -0.268 e. The average molecular weight is 338 g/mol. The van der Waals surface area contributed by atoms with Gasteiger partial charge in [-0.15, -0.1) is 0 Å². The molecule has 0 N–H and O–H groups in total. The topological polar surface area (TPSA) is 43.5 Å². The van der Waals surface area contributed by atoms with Crippen LogP contribution in [0, 0.1) is 0 Å². The van der Waals surface area contributed by atoms with E-state index in [2.05, 4.69) is 0 Å². The highest BCUT2D eigenvalue weighted by atomic mass is 16.2. The van der Waals surface area contributed by atoms with E-state index in [1.54, 1.807) is 21.1 Å². The molecule has 0 saturated carbocycles. The van der Waals surface area contributed by atoms with Crippen LogP contribution in [0.15, 0.2) is 89.7 Å². The van der Waals surface area contributed by atoms with Gasteiger partial charge in [-0.25, -0.2) is 0 Å². The summed E-state index contributed by atoms with van der Waals surface area (Å²) in [6.07, 6.45) is 0. The highest BCUT2D eigenvalue weighted by molar-refractivity contribution is 6.05. The van der Waals surface area contributed by atoms with Gasteiger partial charge < -0.3 is 0 Å². The first kappa shape index (κ1) is 14.7. The first-order valence-corrected chi connectivity index (χ1v) is 8.39. The Balaban J connectivity index is 1.99. The van der Waals surface area contributed by atoms with Gasteiger partial charge in [0.2, 0.25) is 0 Å². The largest absolute Gasteiger partial charge is 0.268 e. The summed E-state index contributed by atoms with van der Waals surface area (Å²) in [7, 11) is 0. The molecule has 0 unspecified atom stereocenters. The van der Waals surface area contributed by atoms with Crippen LogP contribution in [-0.2, 0) is 0 Å². The number of carbonyl (C=O) groups excluding carboxylic acids is 1. The number of nitrogens with zero attached hydrogens (tertiary/aromatic N) is 2. The number of aromatic nitrogens is 2. The Bertz CT molecular complexity index is 1360. The van der Waals surface area contributed by atoms with E-state index in [4.69, 9.17) is 0 Å². The molecule has 0 aliphatic carbocycles. The summed E-state index contributed by atoms with van der Waals surface area (Å²) in [5, 5.41) is 1.46. The fourth-order valence-corrected chi connectivity index (χ4v) is 3.53. The van der Waals surface area contributed by atoms with E-state index in [1.165, 1.54) is 0 Å². The lowest BCUT2D eigenvalue weighted by molar-refractivity contribution is 0.0969. The van der Waals surface area contributed by atoms with Crippen molar-refractivity contribution in [2.24, 2.45) is 0 Å². The summed E-state index contributed by atoms with van der Waals surface area (Å²) >= 11 is 0. The first-order valence-electron chi connectivity index (χ1n) is 8.39. The highest BCUT2D eigenvalue weighted by Crippen LogP contribution is 2.23. The lowest BCUT2D eigenvalue weighted by Crippen LogP contribution is -2.16. The molecule has 4 nitrogen and oxygen atoms in total. The smallest absolute Gasteiger partial charge is 0.264 e. The number of para-hydroxylation sites is 2. The Hall–Kier alpha value is -3.66. The number of benzene rings is 3. The quantitative estimate of drug-likeness (QED) is 0.462. The molecule has 2 heterocycles. The fraction of sp³-hybridized carbons (Fsp3) is 0. The van der Waals surface area contributed by atoms with Crippen molar-refractivity contribution in [3.05, 3.63) is 101 Å². The molecule has 0 aliphatic rings. The van der Waals surface area contributed by atoms with Crippen LogP contribution >= 0.6 is 0 Å². The molecular formula is C22H14N2O2. The molecule has 26 heavy (non-hydrogen) atoms. The molecule has 0 fully saturated rings. The molecule has 0 atom stereocenters. The van der Waals surface area contributed by atoms with Crippen molar-refractivity contribution < 1.29 is 4.79 Å². The monoisotopic (exact) mass is 338 g/mol. The Morgan fingerprint density at radius 2 is 1.38 bits per heavy atom. The molecule has 0 bridgehead atoms. The number of imidazole rings is 1. The summed E-state index contributed by atoms with van der Waals surface area (Å²) in [6.45, 7) is 0. The molecule has 3 aromatic carbocycles. The maximum Gasteiger partial charge on any atom is 0.264 e. The average Bonchev–Trinajstić information content (AvgIpc) is 3.02. The maximum atomic E-state index is 13.2. The number of carbonyl (C=O) groups is 1. The molecule has 124 valence electrons. The predicted molar refractivity (Wildman–Crippen MR) is 103 cm³/mol. The van der Waals surface area contributed by atoms with Crippen molar-refractivity contribution in [2.45, 2.75) is 0 Å². The standard InChI is InChI=1S/C22H14N2O2/c25-21(15-8-2-1-3-9-15)23-18-12-6-7-13-19(18)24-20(23)14-16-10-4-5-11-17(16)22(24)26/h1-14H. The molecule has 0 amide bonds. The second-order valence-electron chi connectivity index (χ2n) is 6.23. The first-order chi connectivity index (χ1) is 12.8. The number of hydrogen-bond donors (Lipinski definition) is 0. The van der Waals surface area contributed by atoms with Crippen LogP contribution in [0.25, 0.3) is 27.5 Å². The molecule has 2 aromatic heterocycles.